The SMILES string of the molecule is COC(=O)CSc1c(CNC(C)C)c(C)nn1C. The molecular weight excluding hydrogens is 250 g/mol. The lowest BCUT2D eigenvalue weighted by molar-refractivity contribution is -0.137. The molecule has 1 rings (SSSR count). The van der Waals surface area contributed by atoms with E-state index in [0.29, 0.717) is 11.8 Å². The Morgan fingerprint density at radius 2 is 2.22 bits per heavy atom. The van der Waals surface area contributed by atoms with E-state index in [0.717, 1.165) is 22.8 Å². The van der Waals surface area contributed by atoms with Crippen LogP contribution in [-0.4, -0.2) is 34.7 Å². The van der Waals surface area contributed by atoms with Gasteiger partial charge in [0.05, 0.1) is 23.6 Å². The molecule has 1 N–H and O–H groups in total. The third-order valence-electron chi connectivity index (χ3n) is 2.53. The van der Waals surface area contributed by atoms with Gasteiger partial charge in [-0.25, -0.2) is 0 Å². The molecule has 0 saturated heterocycles. The standard InChI is InChI=1S/C12H21N3O2S/c1-8(2)13-6-10-9(3)14-15(4)12(10)18-7-11(16)17-5/h8,13H,6-7H2,1-5H3. The Kier molecular flexibility index (Phi) is 5.68. The second kappa shape index (κ2) is 6.80. The van der Waals surface area contributed by atoms with E-state index in [9.17, 15) is 4.79 Å². The summed E-state index contributed by atoms with van der Waals surface area (Å²) in [6.07, 6.45) is 0. The van der Waals surface area contributed by atoms with Crippen molar-refractivity contribution in [3.8, 4) is 0 Å². The summed E-state index contributed by atoms with van der Waals surface area (Å²) in [5.74, 6) is 0.0890. The molecule has 0 bridgehead atoms. The van der Waals surface area contributed by atoms with Gasteiger partial charge in [-0.3, -0.25) is 9.48 Å². The van der Waals surface area contributed by atoms with E-state index in [-0.39, 0.29) is 5.97 Å². The van der Waals surface area contributed by atoms with Crippen LogP contribution in [0.25, 0.3) is 0 Å². The topological polar surface area (TPSA) is 56.1 Å². The van der Waals surface area contributed by atoms with Crippen LogP contribution in [0.5, 0.6) is 0 Å². The van der Waals surface area contributed by atoms with Crippen molar-refractivity contribution in [3.63, 3.8) is 0 Å². The molecule has 0 aliphatic carbocycles. The molecule has 0 aliphatic rings. The fraction of sp³-hybridized carbons (Fsp3) is 0.667. The summed E-state index contributed by atoms with van der Waals surface area (Å²) < 4.78 is 6.47. The molecule has 0 spiro atoms. The highest BCUT2D eigenvalue weighted by Gasteiger charge is 2.15. The van der Waals surface area contributed by atoms with E-state index in [2.05, 4.69) is 29.0 Å². The number of thioether (sulfide) groups is 1. The average Bonchev–Trinajstić information content (AvgIpc) is 2.57. The second-order valence-electron chi connectivity index (χ2n) is 4.39. The molecule has 6 heteroatoms. The smallest absolute Gasteiger partial charge is 0.316 e. The number of aromatic nitrogens is 2. The first-order valence-corrected chi connectivity index (χ1v) is 6.89. The molecule has 5 nitrogen and oxygen atoms in total. The number of carbonyl (C=O) groups excluding carboxylic acids is 1. The number of methoxy groups -OCH3 is 1. The van der Waals surface area contributed by atoms with E-state index >= 15 is 0 Å². The Morgan fingerprint density at radius 1 is 1.56 bits per heavy atom. The summed E-state index contributed by atoms with van der Waals surface area (Å²) >= 11 is 1.46. The molecule has 0 aliphatic heterocycles. The molecule has 1 aromatic rings. The van der Waals surface area contributed by atoms with Gasteiger partial charge in [0.25, 0.3) is 0 Å². The van der Waals surface area contributed by atoms with Crippen molar-refractivity contribution < 1.29 is 9.53 Å². The van der Waals surface area contributed by atoms with Crippen molar-refractivity contribution in [2.45, 2.75) is 38.4 Å². The Hall–Kier alpha value is -1.01. The first kappa shape index (κ1) is 15.0. The van der Waals surface area contributed by atoms with Gasteiger partial charge in [0, 0.05) is 25.2 Å². The van der Waals surface area contributed by atoms with Gasteiger partial charge in [0.1, 0.15) is 0 Å². The maximum absolute atomic E-state index is 11.2. The second-order valence-corrected chi connectivity index (χ2v) is 5.36. The van der Waals surface area contributed by atoms with Crippen LogP contribution in [0.3, 0.4) is 0 Å². The van der Waals surface area contributed by atoms with Gasteiger partial charge in [-0.05, 0) is 6.92 Å². The van der Waals surface area contributed by atoms with Crippen LogP contribution >= 0.6 is 11.8 Å². The van der Waals surface area contributed by atoms with Crippen LogP contribution in [0, 0.1) is 6.92 Å². The van der Waals surface area contributed by atoms with Gasteiger partial charge in [0.2, 0.25) is 0 Å². The van der Waals surface area contributed by atoms with Crippen molar-refractivity contribution in [1.82, 2.24) is 15.1 Å². The summed E-state index contributed by atoms with van der Waals surface area (Å²) in [5.41, 5.74) is 2.15. The Bertz CT molecular complexity index is 416. The predicted octanol–water partition coefficient (Wildman–Crippen LogP) is 1.49. The summed E-state index contributed by atoms with van der Waals surface area (Å²) in [4.78, 5) is 11.2. The van der Waals surface area contributed by atoms with Crippen molar-refractivity contribution in [2.24, 2.45) is 7.05 Å². The number of hydrogen-bond acceptors (Lipinski definition) is 5. The molecule has 0 unspecified atom stereocenters. The molecule has 0 aromatic carbocycles. The molecule has 0 saturated carbocycles. The van der Waals surface area contributed by atoms with Gasteiger partial charge >= 0.3 is 5.97 Å². The minimum Gasteiger partial charge on any atom is -0.468 e. The Morgan fingerprint density at radius 3 is 2.78 bits per heavy atom. The van der Waals surface area contributed by atoms with Crippen molar-refractivity contribution in [2.75, 3.05) is 12.9 Å². The number of rotatable bonds is 6. The average molecular weight is 271 g/mol. The monoisotopic (exact) mass is 271 g/mol. The molecule has 1 heterocycles. The zero-order chi connectivity index (χ0) is 13.7. The summed E-state index contributed by atoms with van der Waals surface area (Å²) in [5, 5.41) is 8.79. The molecule has 0 atom stereocenters. The highest BCUT2D eigenvalue weighted by molar-refractivity contribution is 7.99. The molecule has 0 radical (unpaired) electrons. The highest BCUT2D eigenvalue weighted by atomic mass is 32.2. The van der Waals surface area contributed by atoms with Crippen LogP contribution in [0.4, 0.5) is 0 Å². The number of nitrogens with one attached hydrogen (secondary N) is 1. The maximum Gasteiger partial charge on any atom is 0.316 e. The molecule has 18 heavy (non-hydrogen) atoms. The first-order chi connectivity index (χ1) is 8.45. The number of hydrogen-bond donors (Lipinski definition) is 1. The van der Waals surface area contributed by atoms with E-state index in [1.54, 1.807) is 0 Å². The third-order valence-corrected chi connectivity index (χ3v) is 3.69. The Labute approximate surface area is 112 Å². The van der Waals surface area contributed by atoms with Crippen LogP contribution in [0.15, 0.2) is 5.03 Å². The minimum atomic E-state index is -0.221. The van der Waals surface area contributed by atoms with Crippen molar-refractivity contribution in [1.29, 1.82) is 0 Å². The molecular formula is C12H21N3O2S. The third kappa shape index (κ3) is 4.03. The van der Waals surface area contributed by atoms with E-state index in [1.165, 1.54) is 18.9 Å². The highest BCUT2D eigenvalue weighted by Crippen LogP contribution is 2.25. The van der Waals surface area contributed by atoms with E-state index in [1.807, 2.05) is 18.7 Å². The maximum atomic E-state index is 11.2. The van der Waals surface area contributed by atoms with Gasteiger partial charge in [-0.2, -0.15) is 5.10 Å². The van der Waals surface area contributed by atoms with Crippen molar-refractivity contribution >= 4 is 17.7 Å². The number of carbonyl (C=O) groups is 1. The lowest BCUT2D eigenvalue weighted by Gasteiger charge is -2.09. The van der Waals surface area contributed by atoms with Crippen molar-refractivity contribution in [3.05, 3.63) is 11.3 Å². The van der Waals surface area contributed by atoms with Gasteiger partial charge in [-0.15, -0.1) is 0 Å². The van der Waals surface area contributed by atoms with Crippen LogP contribution in [-0.2, 0) is 23.1 Å². The molecule has 0 fully saturated rings. The molecule has 0 amide bonds. The number of nitrogens with zero attached hydrogens (tertiary/aromatic N) is 2. The number of ether oxygens (including phenoxy) is 1. The first-order valence-electron chi connectivity index (χ1n) is 5.91. The summed E-state index contributed by atoms with van der Waals surface area (Å²) in [6.45, 7) is 6.96. The minimum absolute atomic E-state index is 0.221. The zero-order valence-corrected chi connectivity index (χ0v) is 12.4. The number of aryl methyl sites for hydroxylation is 2. The Balaban J connectivity index is 2.78. The lowest BCUT2D eigenvalue weighted by Crippen LogP contribution is -2.22. The molecule has 1 aromatic heterocycles. The fourth-order valence-electron chi connectivity index (χ4n) is 1.56. The van der Waals surface area contributed by atoms with Gasteiger partial charge in [0.15, 0.2) is 0 Å². The summed E-state index contributed by atoms with van der Waals surface area (Å²) in [6, 6.07) is 0.420. The van der Waals surface area contributed by atoms with E-state index < -0.39 is 0 Å². The van der Waals surface area contributed by atoms with Gasteiger partial charge < -0.3 is 10.1 Å². The number of esters is 1. The van der Waals surface area contributed by atoms with Crippen LogP contribution in [0.2, 0.25) is 0 Å². The predicted molar refractivity (Wildman–Crippen MR) is 72.7 cm³/mol. The van der Waals surface area contributed by atoms with Crippen LogP contribution in [0.1, 0.15) is 25.1 Å². The van der Waals surface area contributed by atoms with E-state index in [4.69, 9.17) is 0 Å². The largest absolute Gasteiger partial charge is 0.468 e. The fourth-order valence-corrected chi connectivity index (χ4v) is 2.55. The zero-order valence-electron chi connectivity index (χ0n) is 11.6. The lowest BCUT2D eigenvalue weighted by atomic mass is 10.2. The molecule has 102 valence electrons. The normalized spacial score (nSPS) is 11.0. The quantitative estimate of drug-likeness (QED) is 0.627. The summed E-state index contributed by atoms with van der Waals surface area (Å²) in [7, 11) is 3.30. The van der Waals surface area contributed by atoms with Gasteiger partial charge in [-0.1, -0.05) is 25.6 Å². The van der Waals surface area contributed by atoms with Crippen LogP contribution < -0.4 is 5.32 Å².